The molecule has 3 aliphatic heterocycles. The summed E-state index contributed by atoms with van der Waals surface area (Å²) in [6, 6.07) is 12.4. The van der Waals surface area contributed by atoms with E-state index in [-0.39, 0.29) is 11.3 Å². The van der Waals surface area contributed by atoms with Crippen molar-refractivity contribution in [3.05, 3.63) is 70.9 Å². The lowest BCUT2D eigenvalue weighted by atomic mass is 9.73. The molecule has 0 bridgehead atoms. The molecule has 9 nitrogen and oxygen atoms in total. The molecule has 4 N–H and O–H groups in total. The number of nitrogens with two attached hydrogens (primary N) is 1. The van der Waals surface area contributed by atoms with E-state index in [1.54, 1.807) is 12.1 Å². The van der Waals surface area contributed by atoms with Gasteiger partial charge in [0.1, 0.15) is 18.1 Å². The highest BCUT2D eigenvalue weighted by molar-refractivity contribution is 5.81. The van der Waals surface area contributed by atoms with Crippen LogP contribution in [0, 0.1) is 0 Å². The van der Waals surface area contributed by atoms with E-state index >= 15 is 0 Å². The van der Waals surface area contributed by atoms with Crippen LogP contribution in [0.3, 0.4) is 0 Å². The normalized spacial score (nSPS) is 18.5. The van der Waals surface area contributed by atoms with Gasteiger partial charge >= 0.3 is 0 Å². The van der Waals surface area contributed by atoms with E-state index < -0.39 is 6.04 Å². The Morgan fingerprint density at radius 3 is 2.71 bits per heavy atom. The van der Waals surface area contributed by atoms with Crippen LogP contribution in [0.4, 0.5) is 5.69 Å². The average Bonchev–Trinajstić information content (AvgIpc) is 3.35. The number of aldehydes is 1. The Bertz CT molecular complexity index is 1210. The number of hydrogen-bond acceptors (Lipinski definition) is 8. The summed E-state index contributed by atoms with van der Waals surface area (Å²) in [6.07, 6.45) is 7.45. The number of ether oxygens (including phenoxy) is 1. The third-order valence-electron chi connectivity index (χ3n) is 8.19. The maximum atomic E-state index is 12.5. The fourth-order valence-corrected chi connectivity index (χ4v) is 5.93. The lowest BCUT2D eigenvalue weighted by molar-refractivity contribution is -0.214. The molecule has 41 heavy (non-hydrogen) atoms. The zero-order valence-electron chi connectivity index (χ0n) is 24.7. The highest BCUT2D eigenvalue weighted by atomic mass is 16.7. The first-order valence-electron chi connectivity index (χ1n) is 14.8. The number of hydroxylamine groups is 2. The number of nitrogens with zero attached hydrogens (tertiary/aromatic N) is 2. The second-order valence-corrected chi connectivity index (χ2v) is 10.7. The van der Waals surface area contributed by atoms with E-state index in [4.69, 9.17) is 15.3 Å². The SMILES string of the molecule is CC.CNC(=O)C(CCC=O)N1Cc2cc3c(cc2CO1)OCC31CCN(Cc2cccc(N/C=C\CN)c2)CC1. The molecule has 0 aromatic heterocycles. The summed E-state index contributed by atoms with van der Waals surface area (Å²) < 4.78 is 6.24. The molecule has 1 atom stereocenters. The molecule has 222 valence electrons. The van der Waals surface area contributed by atoms with Crippen molar-refractivity contribution >= 4 is 17.9 Å². The molecule has 9 heteroatoms. The number of likely N-dealkylation sites (tertiary alicyclic amines) is 1. The van der Waals surface area contributed by atoms with Gasteiger partial charge in [-0.3, -0.25) is 14.5 Å². The number of amides is 1. The van der Waals surface area contributed by atoms with Crippen molar-refractivity contribution in [2.75, 3.05) is 38.6 Å². The molecule has 3 heterocycles. The standard InChI is InChI=1S/C30H39N5O4.C2H6/c1-32-29(37)27(7-3-14-36)35-19-23-16-26-28(17-24(23)20-39-35)38-21-30(26)8-12-34(13-9-30)18-22-5-2-6-25(15-22)33-11-4-10-31;1-2/h2,4-6,11,14-17,27,33H,3,7-10,12-13,18-21,31H2,1H3,(H,32,37);1-2H3/b11-4-;. The summed E-state index contributed by atoms with van der Waals surface area (Å²) in [5.41, 5.74) is 11.4. The van der Waals surface area contributed by atoms with Crippen LogP contribution in [0.1, 0.15) is 61.8 Å². The van der Waals surface area contributed by atoms with E-state index in [0.29, 0.717) is 39.1 Å². The molecule has 1 fully saturated rings. The predicted octanol–water partition coefficient (Wildman–Crippen LogP) is 3.86. The summed E-state index contributed by atoms with van der Waals surface area (Å²) >= 11 is 0. The fraction of sp³-hybridized carbons (Fsp3) is 0.500. The summed E-state index contributed by atoms with van der Waals surface area (Å²) in [5.74, 6) is 0.828. The maximum Gasteiger partial charge on any atom is 0.239 e. The van der Waals surface area contributed by atoms with Crippen LogP contribution < -0.4 is 21.1 Å². The summed E-state index contributed by atoms with van der Waals surface area (Å²) in [7, 11) is 1.61. The molecule has 1 unspecified atom stereocenters. The van der Waals surface area contributed by atoms with Gasteiger partial charge in [0.25, 0.3) is 0 Å². The minimum atomic E-state index is -0.500. The number of piperidine rings is 1. The minimum absolute atomic E-state index is 0.0120. The van der Waals surface area contributed by atoms with Crippen molar-refractivity contribution < 1.29 is 19.2 Å². The van der Waals surface area contributed by atoms with Crippen molar-refractivity contribution in [1.29, 1.82) is 0 Å². The Hall–Kier alpha value is -3.24. The van der Waals surface area contributed by atoms with Crippen LogP contribution in [0.2, 0.25) is 0 Å². The van der Waals surface area contributed by atoms with Gasteiger partial charge in [0.15, 0.2) is 0 Å². The van der Waals surface area contributed by atoms with Gasteiger partial charge in [0.2, 0.25) is 5.91 Å². The van der Waals surface area contributed by atoms with E-state index in [9.17, 15) is 9.59 Å². The van der Waals surface area contributed by atoms with Crippen LogP contribution in [0.5, 0.6) is 5.75 Å². The summed E-state index contributed by atoms with van der Waals surface area (Å²) in [6.45, 7) is 9.04. The first kappa shape index (κ1) is 30.7. The quantitative estimate of drug-likeness (QED) is 0.374. The van der Waals surface area contributed by atoms with Gasteiger partial charge in [-0.05, 0) is 79.5 Å². The number of likely N-dealkylation sites (N-methyl/N-ethyl adjacent to an activating group) is 1. The first-order valence-corrected chi connectivity index (χ1v) is 14.8. The van der Waals surface area contributed by atoms with E-state index in [0.717, 1.165) is 55.8 Å². The molecule has 1 saturated heterocycles. The molecule has 0 radical (unpaired) electrons. The molecule has 0 saturated carbocycles. The van der Waals surface area contributed by atoms with E-state index in [1.165, 1.54) is 16.7 Å². The molecule has 2 aromatic rings. The largest absolute Gasteiger partial charge is 0.492 e. The zero-order chi connectivity index (χ0) is 29.2. The van der Waals surface area contributed by atoms with Gasteiger partial charge in [0, 0.05) is 43.2 Å². The van der Waals surface area contributed by atoms with E-state index in [1.807, 2.05) is 26.1 Å². The highest BCUT2D eigenvalue weighted by Gasteiger charge is 2.44. The molecule has 5 rings (SSSR count). The van der Waals surface area contributed by atoms with Gasteiger partial charge in [-0.2, -0.15) is 5.06 Å². The third kappa shape index (κ3) is 7.16. The Morgan fingerprint density at radius 2 is 1.98 bits per heavy atom. The third-order valence-corrected chi connectivity index (χ3v) is 8.19. The number of anilines is 1. The number of carbonyl (C=O) groups is 2. The lowest BCUT2D eigenvalue weighted by Crippen LogP contribution is -2.47. The number of fused-ring (bicyclic) bond motifs is 3. The highest BCUT2D eigenvalue weighted by Crippen LogP contribution is 2.47. The molecule has 1 amide bonds. The summed E-state index contributed by atoms with van der Waals surface area (Å²) in [4.78, 5) is 32.0. The second kappa shape index (κ2) is 14.6. The predicted molar refractivity (Wildman–Crippen MR) is 161 cm³/mol. The number of nitrogens with one attached hydrogen (secondary N) is 2. The monoisotopic (exact) mass is 563 g/mol. The van der Waals surface area contributed by atoms with Crippen molar-refractivity contribution in [1.82, 2.24) is 15.3 Å². The van der Waals surface area contributed by atoms with Crippen LogP contribution in [-0.2, 0) is 39.5 Å². The smallest absolute Gasteiger partial charge is 0.239 e. The molecule has 2 aromatic carbocycles. The van der Waals surface area contributed by atoms with Crippen LogP contribution in [0.15, 0.2) is 48.7 Å². The Morgan fingerprint density at radius 1 is 1.17 bits per heavy atom. The Labute approximate surface area is 244 Å². The number of hydrogen-bond donors (Lipinski definition) is 3. The zero-order valence-corrected chi connectivity index (χ0v) is 24.7. The van der Waals surface area contributed by atoms with Crippen molar-refractivity contribution in [3.8, 4) is 5.75 Å². The van der Waals surface area contributed by atoms with Crippen LogP contribution >= 0.6 is 0 Å². The van der Waals surface area contributed by atoms with Crippen LogP contribution in [0.25, 0.3) is 0 Å². The Kier molecular flexibility index (Phi) is 10.9. The lowest BCUT2D eigenvalue weighted by Gasteiger charge is -2.39. The number of rotatable bonds is 10. The number of benzene rings is 2. The molecule has 1 spiro atoms. The van der Waals surface area contributed by atoms with Gasteiger partial charge in [-0.25, -0.2) is 0 Å². The molecular formula is C32H45N5O4. The maximum absolute atomic E-state index is 12.5. The molecular weight excluding hydrogens is 518 g/mol. The van der Waals surface area contributed by atoms with E-state index in [2.05, 4.69) is 51.9 Å². The van der Waals surface area contributed by atoms with Crippen molar-refractivity contribution in [3.63, 3.8) is 0 Å². The average molecular weight is 564 g/mol. The second-order valence-electron chi connectivity index (χ2n) is 10.7. The van der Waals surface area contributed by atoms with Crippen LogP contribution in [-0.4, -0.2) is 61.5 Å². The van der Waals surface area contributed by atoms with Gasteiger partial charge in [0.05, 0.1) is 19.8 Å². The first-order chi connectivity index (χ1) is 20.0. The van der Waals surface area contributed by atoms with Gasteiger partial charge in [-0.15, -0.1) is 0 Å². The molecule has 0 aliphatic carbocycles. The Balaban J connectivity index is 0.00000189. The minimum Gasteiger partial charge on any atom is -0.492 e. The van der Waals surface area contributed by atoms with Crippen molar-refractivity contribution in [2.45, 2.75) is 70.7 Å². The topological polar surface area (TPSA) is 109 Å². The summed E-state index contributed by atoms with van der Waals surface area (Å²) in [5, 5.41) is 7.72. The van der Waals surface area contributed by atoms with Gasteiger partial charge < -0.3 is 25.9 Å². The number of carbonyl (C=O) groups excluding carboxylic acids is 2. The van der Waals surface area contributed by atoms with Crippen molar-refractivity contribution in [2.24, 2.45) is 5.73 Å². The molecule has 3 aliphatic rings. The van der Waals surface area contributed by atoms with Gasteiger partial charge in [-0.1, -0.05) is 32.1 Å². The fourth-order valence-electron chi connectivity index (χ4n) is 5.93.